The molecule has 100 valence electrons. The Hall–Kier alpha value is 0.231. The quantitative estimate of drug-likeness (QED) is 0.859. The van der Waals surface area contributed by atoms with Crippen LogP contribution >= 0.6 is 18.6 Å². The van der Waals surface area contributed by atoms with Crippen molar-refractivity contribution in [1.82, 2.24) is 0 Å². The van der Waals surface area contributed by atoms with E-state index in [1.54, 1.807) is 0 Å². The van der Waals surface area contributed by atoms with Crippen LogP contribution in [0.3, 0.4) is 0 Å². The Morgan fingerprint density at radius 1 is 1.39 bits per heavy atom. The van der Waals surface area contributed by atoms with Crippen molar-refractivity contribution in [3.63, 3.8) is 0 Å². The van der Waals surface area contributed by atoms with Crippen LogP contribution in [0.25, 0.3) is 6.08 Å². The number of rotatable bonds is 3. The molecule has 0 fully saturated rings. The molecule has 1 aromatic rings. The average Bonchev–Trinajstić information content (AvgIpc) is 2.59. The fraction of sp³-hybridized carbons (Fsp3) is 0.333. The van der Waals surface area contributed by atoms with Crippen molar-refractivity contribution in [1.29, 1.82) is 0 Å². The van der Waals surface area contributed by atoms with Crippen molar-refractivity contribution >= 4 is 32.8 Å². The van der Waals surface area contributed by atoms with Crippen LogP contribution in [-0.4, -0.2) is 19.8 Å². The topological polar surface area (TPSA) is 37.3 Å². The van der Waals surface area contributed by atoms with Gasteiger partial charge in [0.25, 0.3) is 0 Å². The number of hydrogen-bond acceptors (Lipinski definition) is 2. The van der Waals surface area contributed by atoms with Crippen molar-refractivity contribution in [3.05, 3.63) is 41.5 Å². The van der Waals surface area contributed by atoms with Crippen LogP contribution in [0.15, 0.2) is 30.3 Å². The molecule has 2 rings (SSSR count). The number of allylic oxidation sites excluding steroid dienone is 1. The van der Waals surface area contributed by atoms with E-state index in [-0.39, 0.29) is 19.4 Å². The monoisotopic (exact) mass is 340 g/mol. The van der Waals surface area contributed by atoms with Crippen molar-refractivity contribution in [2.45, 2.75) is 14.2 Å². The summed E-state index contributed by atoms with van der Waals surface area (Å²) in [6, 6.07) is 7.67. The first-order chi connectivity index (χ1) is 7.88. The average molecular weight is 341 g/mol. The fourth-order valence-electron chi connectivity index (χ4n) is 2.80. The predicted molar refractivity (Wildman–Crippen MR) is 78.3 cm³/mol. The van der Waals surface area contributed by atoms with Crippen LogP contribution in [0.1, 0.15) is 15.3 Å². The molecule has 0 saturated heterocycles. The van der Waals surface area contributed by atoms with Gasteiger partial charge in [0.1, 0.15) is 0 Å². The standard InChI is InChI=1S/C9H7.C2H5O.CH3.2ClH.O.H3Si.Ti/c1-2-5-9-7-3-6-8(9)4-1;1-2-3;;;;;;/h1-7H;3H,1-2H2;1H3;2*1H;;1H3;/q;;;;;;;+2/p-2. The van der Waals surface area contributed by atoms with Gasteiger partial charge in [-0.2, -0.15) is 0 Å². The first kappa shape index (κ1) is 14.6. The Kier molecular flexibility index (Phi) is 2.53. The molecule has 0 aliphatic heterocycles. The Balaban J connectivity index is 2.73. The maximum absolute atomic E-state index is 13.8. The van der Waals surface area contributed by atoms with Crippen molar-refractivity contribution in [3.8, 4) is 0 Å². The van der Waals surface area contributed by atoms with Gasteiger partial charge < -0.3 is 0 Å². The zero-order valence-corrected chi connectivity index (χ0v) is 15.6. The van der Waals surface area contributed by atoms with E-state index in [0.29, 0.717) is 0 Å². The van der Waals surface area contributed by atoms with E-state index in [1.165, 1.54) is 5.23 Å². The van der Waals surface area contributed by atoms with Gasteiger partial charge in [-0.15, -0.1) is 0 Å². The number of hydrogen-bond donors (Lipinski definition) is 1. The van der Waals surface area contributed by atoms with Crippen LogP contribution in [0.4, 0.5) is 0 Å². The number of halogens is 2. The maximum atomic E-state index is 13.8. The number of benzene rings is 1. The van der Waals surface area contributed by atoms with E-state index < -0.39 is 14.1 Å². The van der Waals surface area contributed by atoms with Gasteiger partial charge in [0, 0.05) is 0 Å². The molecule has 1 aliphatic carbocycles. The molecule has 0 amide bonds. The second kappa shape index (κ2) is 3.11. The number of fused-ring (bicyclic) bond motifs is 1. The van der Waals surface area contributed by atoms with Crippen LogP contribution < -0.4 is 0 Å². The summed E-state index contributed by atoms with van der Waals surface area (Å²) in [7, 11) is 7.58. The summed E-state index contributed by atoms with van der Waals surface area (Å²) in [4.78, 5) is 0. The molecule has 1 N–H and O–H groups in total. The summed E-state index contributed by atoms with van der Waals surface area (Å²) in [6.45, 7) is -0.265. The Morgan fingerprint density at radius 2 is 2.00 bits per heavy atom. The first-order valence-corrected chi connectivity index (χ1v) is 20.3. The first-order valence-electron chi connectivity index (χ1n) is 6.11. The third kappa shape index (κ3) is 2.45. The molecule has 1 atom stereocenters. The van der Waals surface area contributed by atoms with Crippen LogP contribution in [0.2, 0.25) is 9.95 Å². The molecule has 0 radical (unpaired) electrons. The molecule has 1 aromatic carbocycles. The summed E-state index contributed by atoms with van der Waals surface area (Å²) in [5, 5.41) is 10.8. The van der Waals surface area contributed by atoms with Crippen LogP contribution in [-0.2, 0) is 13.2 Å². The number of aliphatic hydroxyl groups excluding tert-OH is 1. The summed E-state index contributed by atoms with van der Waals surface area (Å²) in [5.41, 5.74) is 1.90. The molecule has 2 nitrogen and oxygen atoms in total. The molecule has 1 unspecified atom stereocenters. The Morgan fingerprint density at radius 3 is 2.61 bits per heavy atom. The second-order valence-electron chi connectivity index (χ2n) is 7.07. The van der Waals surface area contributed by atoms with Crippen molar-refractivity contribution in [2.24, 2.45) is 0 Å². The second-order valence-corrected chi connectivity index (χ2v) is 56.0. The summed E-state index contributed by atoms with van der Waals surface area (Å²) < 4.78 is 13.2. The van der Waals surface area contributed by atoms with Crippen molar-refractivity contribution in [2.75, 3.05) is 6.61 Å². The van der Waals surface area contributed by atoms with Crippen LogP contribution in [0.5, 0.6) is 0 Å². The molecule has 1 aliphatic rings. The molecule has 0 spiro atoms. The van der Waals surface area contributed by atoms with Gasteiger partial charge in [0.05, 0.1) is 0 Å². The van der Waals surface area contributed by atoms with Crippen molar-refractivity contribution < 1.29 is 18.3 Å². The van der Waals surface area contributed by atoms with Gasteiger partial charge in [0.15, 0.2) is 0 Å². The zero-order chi connectivity index (χ0) is 13.8. The SMILES string of the molecule is [CH3][Ti](=[O])([SiH3])([Cl])([Cl])([CH2]CO)[CH]1C=Cc2ccccc21. The minimum absolute atomic E-state index is 0.0450. The molecule has 6 heteroatoms. The molecule has 0 bridgehead atoms. The molecule has 0 heterocycles. The van der Waals surface area contributed by atoms with Gasteiger partial charge in [-0.1, -0.05) is 0 Å². The van der Waals surface area contributed by atoms with Gasteiger partial charge in [-0.05, 0) is 0 Å². The van der Waals surface area contributed by atoms with E-state index in [0.717, 1.165) is 11.1 Å². The third-order valence-electron chi connectivity index (χ3n) is 4.05. The molecular weight excluding hydrogens is 323 g/mol. The number of aliphatic hydroxyl groups is 1. The molecular formula is C12H18Cl2O2SiTi. The fourth-order valence-corrected chi connectivity index (χ4v) is 13.5. The summed E-state index contributed by atoms with van der Waals surface area (Å²) in [6.07, 6.45) is 3.74. The minimum atomic E-state index is -5.91. The van der Waals surface area contributed by atoms with E-state index in [9.17, 15) is 8.43 Å². The normalized spacial score (nSPS) is 24.9. The molecule has 0 saturated carbocycles. The van der Waals surface area contributed by atoms with E-state index in [2.05, 4.69) is 0 Å². The predicted octanol–water partition coefficient (Wildman–Crippen LogP) is 2.91. The van der Waals surface area contributed by atoms with E-state index >= 15 is 0 Å². The van der Waals surface area contributed by atoms with Gasteiger partial charge in [-0.3, -0.25) is 0 Å². The van der Waals surface area contributed by atoms with Gasteiger partial charge >= 0.3 is 113 Å². The third-order valence-corrected chi connectivity index (χ3v) is 20.0. The van der Waals surface area contributed by atoms with E-state index in [4.69, 9.17) is 18.6 Å². The van der Waals surface area contributed by atoms with Crippen LogP contribution in [0, 0.1) is 0 Å². The van der Waals surface area contributed by atoms with E-state index in [1.807, 2.05) is 36.4 Å². The Labute approximate surface area is 113 Å². The summed E-state index contributed by atoms with van der Waals surface area (Å²) >= 11 is 0. The Bertz CT molecular complexity index is 654. The molecule has 0 aromatic heterocycles. The summed E-state index contributed by atoms with van der Waals surface area (Å²) in [5.74, 6) is 0. The van der Waals surface area contributed by atoms with Gasteiger partial charge in [0.2, 0.25) is 0 Å². The zero-order valence-electron chi connectivity index (χ0n) is 10.6. The molecule has 18 heavy (non-hydrogen) atoms. The van der Waals surface area contributed by atoms with Gasteiger partial charge in [-0.25, -0.2) is 0 Å².